The molecule has 2 rings (SSSR count). The Bertz CT molecular complexity index is 614. The van der Waals surface area contributed by atoms with Gasteiger partial charge in [-0.25, -0.2) is 0 Å². The molecule has 1 heterocycles. The topological polar surface area (TPSA) is 91.3 Å². The fourth-order valence-corrected chi connectivity index (χ4v) is 1.68. The van der Waals surface area contributed by atoms with Crippen molar-refractivity contribution in [2.24, 2.45) is 0 Å². The van der Waals surface area contributed by atoms with Gasteiger partial charge in [-0.2, -0.15) is 0 Å². The number of nitrogens with zero attached hydrogens (tertiary/aromatic N) is 3. The maximum atomic E-state index is 10.6. The molecule has 8 heteroatoms. The van der Waals surface area contributed by atoms with Crippen LogP contribution in [-0.4, -0.2) is 15.1 Å². The molecule has 100 valence electrons. The van der Waals surface area contributed by atoms with Gasteiger partial charge in [-0.05, 0) is 13.0 Å². The van der Waals surface area contributed by atoms with E-state index in [4.69, 9.17) is 20.8 Å². The van der Waals surface area contributed by atoms with E-state index in [-0.39, 0.29) is 10.7 Å². The van der Waals surface area contributed by atoms with E-state index < -0.39 is 11.0 Å². The number of rotatable bonds is 4. The lowest BCUT2D eigenvalue weighted by atomic mass is 10.3. The van der Waals surface area contributed by atoms with Crippen LogP contribution in [0, 0.1) is 17.0 Å². The lowest BCUT2D eigenvalue weighted by Gasteiger charge is -2.10. The highest BCUT2D eigenvalue weighted by Gasteiger charge is 2.17. The van der Waals surface area contributed by atoms with Crippen molar-refractivity contribution in [2.45, 2.75) is 20.0 Å². The van der Waals surface area contributed by atoms with E-state index in [1.54, 1.807) is 13.8 Å². The van der Waals surface area contributed by atoms with Gasteiger partial charge in [-0.15, -0.1) is 10.2 Å². The molecule has 1 atom stereocenters. The standard InChI is InChI=1S/C11H10ClN3O4/c1-6(11-14-13-7(2)19-11)18-8-3-4-10(15(16)17)9(12)5-8/h3-6H,1-2H3. The summed E-state index contributed by atoms with van der Waals surface area (Å²) in [5, 5.41) is 18.2. The minimum absolute atomic E-state index is 0.0106. The molecule has 0 aliphatic heterocycles. The van der Waals surface area contributed by atoms with Crippen molar-refractivity contribution in [1.82, 2.24) is 10.2 Å². The fourth-order valence-electron chi connectivity index (χ4n) is 1.44. The van der Waals surface area contributed by atoms with Crippen LogP contribution in [-0.2, 0) is 0 Å². The molecule has 0 saturated heterocycles. The molecular formula is C11H10ClN3O4. The van der Waals surface area contributed by atoms with Gasteiger partial charge in [-0.3, -0.25) is 10.1 Å². The van der Waals surface area contributed by atoms with E-state index in [0.29, 0.717) is 17.5 Å². The molecule has 0 aliphatic rings. The van der Waals surface area contributed by atoms with E-state index in [2.05, 4.69) is 10.2 Å². The second kappa shape index (κ2) is 5.23. The van der Waals surface area contributed by atoms with E-state index >= 15 is 0 Å². The van der Waals surface area contributed by atoms with Crippen LogP contribution in [0.25, 0.3) is 0 Å². The van der Waals surface area contributed by atoms with Crippen LogP contribution in [0.5, 0.6) is 5.75 Å². The number of hydrogen-bond donors (Lipinski definition) is 0. The molecule has 0 amide bonds. The van der Waals surface area contributed by atoms with Crippen molar-refractivity contribution in [3.63, 3.8) is 0 Å². The third kappa shape index (κ3) is 3.00. The van der Waals surface area contributed by atoms with E-state index in [1.165, 1.54) is 18.2 Å². The average molecular weight is 284 g/mol. The lowest BCUT2D eigenvalue weighted by molar-refractivity contribution is -0.384. The number of nitro groups is 1. The zero-order valence-corrected chi connectivity index (χ0v) is 10.9. The molecule has 0 N–H and O–H groups in total. The first-order valence-electron chi connectivity index (χ1n) is 5.38. The normalized spacial score (nSPS) is 12.2. The summed E-state index contributed by atoms with van der Waals surface area (Å²) < 4.78 is 10.7. The van der Waals surface area contributed by atoms with Crippen molar-refractivity contribution in [3.8, 4) is 5.75 Å². The molecule has 0 saturated carbocycles. The highest BCUT2D eigenvalue weighted by molar-refractivity contribution is 6.32. The second-order valence-corrected chi connectivity index (χ2v) is 4.20. The average Bonchev–Trinajstić information content (AvgIpc) is 2.75. The van der Waals surface area contributed by atoms with Gasteiger partial charge in [0, 0.05) is 19.1 Å². The van der Waals surface area contributed by atoms with Gasteiger partial charge >= 0.3 is 0 Å². The van der Waals surface area contributed by atoms with Crippen LogP contribution >= 0.6 is 11.6 Å². The second-order valence-electron chi connectivity index (χ2n) is 3.79. The van der Waals surface area contributed by atoms with Crippen LogP contribution in [0.3, 0.4) is 0 Å². The number of nitro benzene ring substituents is 1. The molecular weight excluding hydrogens is 274 g/mol. The van der Waals surface area contributed by atoms with Gasteiger partial charge in [0.05, 0.1) is 4.92 Å². The summed E-state index contributed by atoms with van der Waals surface area (Å²) in [5.41, 5.74) is -0.171. The van der Waals surface area contributed by atoms with Crippen molar-refractivity contribution >= 4 is 17.3 Å². The quantitative estimate of drug-likeness (QED) is 0.632. The zero-order valence-electron chi connectivity index (χ0n) is 10.2. The van der Waals surface area contributed by atoms with Crippen molar-refractivity contribution in [3.05, 3.63) is 45.1 Å². The summed E-state index contributed by atoms with van der Waals surface area (Å²) in [5.74, 6) is 1.15. The van der Waals surface area contributed by atoms with Gasteiger partial charge in [-0.1, -0.05) is 11.6 Å². The first kappa shape index (κ1) is 13.3. The number of ether oxygens (including phenoxy) is 1. The number of benzene rings is 1. The molecule has 0 fully saturated rings. The molecule has 0 spiro atoms. The molecule has 7 nitrogen and oxygen atoms in total. The highest BCUT2D eigenvalue weighted by atomic mass is 35.5. The Kier molecular flexibility index (Phi) is 3.66. The van der Waals surface area contributed by atoms with Crippen LogP contribution in [0.1, 0.15) is 24.8 Å². The summed E-state index contributed by atoms with van der Waals surface area (Å²) >= 11 is 5.78. The van der Waals surface area contributed by atoms with Gasteiger partial charge < -0.3 is 9.15 Å². The first-order valence-corrected chi connectivity index (χ1v) is 5.76. The lowest BCUT2D eigenvalue weighted by Crippen LogP contribution is -2.03. The van der Waals surface area contributed by atoms with Crippen molar-refractivity contribution in [1.29, 1.82) is 0 Å². The van der Waals surface area contributed by atoms with Gasteiger partial charge in [0.2, 0.25) is 5.89 Å². The van der Waals surface area contributed by atoms with Crippen LogP contribution in [0.2, 0.25) is 5.02 Å². The van der Waals surface area contributed by atoms with Crippen molar-refractivity contribution in [2.75, 3.05) is 0 Å². The van der Waals surface area contributed by atoms with Crippen molar-refractivity contribution < 1.29 is 14.1 Å². The molecule has 1 unspecified atom stereocenters. The minimum Gasteiger partial charge on any atom is -0.481 e. The summed E-state index contributed by atoms with van der Waals surface area (Å²) in [6.45, 7) is 3.40. The van der Waals surface area contributed by atoms with E-state index in [0.717, 1.165) is 0 Å². The fraction of sp³-hybridized carbons (Fsp3) is 0.273. The molecule has 2 aromatic rings. The zero-order chi connectivity index (χ0) is 14.0. The molecule has 0 bridgehead atoms. The van der Waals surface area contributed by atoms with E-state index in [9.17, 15) is 10.1 Å². The SMILES string of the molecule is Cc1nnc(C(C)Oc2ccc([N+](=O)[O-])c(Cl)c2)o1. The third-order valence-corrected chi connectivity index (χ3v) is 2.62. The Morgan fingerprint density at radius 1 is 1.47 bits per heavy atom. The van der Waals surface area contributed by atoms with Gasteiger partial charge in [0.1, 0.15) is 10.8 Å². The highest BCUT2D eigenvalue weighted by Crippen LogP contribution is 2.30. The number of halogens is 1. The Balaban J connectivity index is 2.15. The third-order valence-electron chi connectivity index (χ3n) is 2.32. The molecule has 0 radical (unpaired) electrons. The number of aromatic nitrogens is 2. The van der Waals surface area contributed by atoms with Crippen LogP contribution < -0.4 is 4.74 Å². The Hall–Kier alpha value is -2.15. The number of aryl methyl sites for hydroxylation is 1. The molecule has 19 heavy (non-hydrogen) atoms. The van der Waals surface area contributed by atoms with Gasteiger partial charge in [0.25, 0.3) is 11.6 Å². The van der Waals surface area contributed by atoms with Gasteiger partial charge in [0.15, 0.2) is 6.10 Å². The molecule has 1 aromatic heterocycles. The first-order chi connectivity index (χ1) is 8.97. The van der Waals surface area contributed by atoms with Crippen LogP contribution in [0.15, 0.2) is 22.6 Å². The minimum atomic E-state index is -0.559. The summed E-state index contributed by atoms with van der Waals surface area (Å²) in [4.78, 5) is 10.1. The summed E-state index contributed by atoms with van der Waals surface area (Å²) in [6.07, 6.45) is -0.473. The maximum Gasteiger partial charge on any atom is 0.288 e. The summed E-state index contributed by atoms with van der Waals surface area (Å²) in [7, 11) is 0. The Morgan fingerprint density at radius 2 is 2.21 bits per heavy atom. The molecule has 1 aromatic carbocycles. The molecule has 0 aliphatic carbocycles. The Labute approximate surface area is 113 Å². The summed E-state index contributed by atoms with van der Waals surface area (Å²) in [6, 6.07) is 4.12. The number of hydrogen-bond acceptors (Lipinski definition) is 6. The smallest absolute Gasteiger partial charge is 0.288 e. The largest absolute Gasteiger partial charge is 0.481 e. The monoisotopic (exact) mass is 283 g/mol. The maximum absolute atomic E-state index is 10.6. The predicted molar refractivity (Wildman–Crippen MR) is 66.2 cm³/mol. The van der Waals surface area contributed by atoms with Crippen LogP contribution in [0.4, 0.5) is 5.69 Å². The Morgan fingerprint density at radius 3 is 2.74 bits per heavy atom. The predicted octanol–water partition coefficient (Wildman–Crippen LogP) is 3.08. The van der Waals surface area contributed by atoms with E-state index in [1.807, 2.05) is 0 Å².